The first-order valence-corrected chi connectivity index (χ1v) is 26.2. The van der Waals surface area contributed by atoms with E-state index in [-0.39, 0.29) is 17.5 Å². The van der Waals surface area contributed by atoms with Gasteiger partial charge in [0.25, 0.3) is 6.43 Å². The van der Waals surface area contributed by atoms with E-state index in [0.717, 1.165) is 113 Å². The van der Waals surface area contributed by atoms with E-state index in [2.05, 4.69) is 77.6 Å². The average Bonchev–Trinajstić information content (AvgIpc) is 4.08. The molecule has 0 radical (unpaired) electrons. The van der Waals surface area contributed by atoms with Crippen LogP contribution >= 0.6 is 11.6 Å². The first kappa shape index (κ1) is 46.7. The number of halogens is 3. The van der Waals surface area contributed by atoms with Gasteiger partial charge in [0.1, 0.15) is 6.07 Å². The van der Waals surface area contributed by atoms with Crippen molar-refractivity contribution in [2.24, 2.45) is 18.4 Å². The lowest BCUT2D eigenvalue weighted by Crippen LogP contribution is -2.42. The molecule has 0 bridgehead atoms. The molecule has 4 fully saturated rings. The van der Waals surface area contributed by atoms with Crippen molar-refractivity contribution in [3.05, 3.63) is 100.0 Å². The molecule has 3 aromatic carbocycles. The first-order valence-electron chi connectivity index (χ1n) is 25.8. The highest BCUT2D eigenvalue weighted by molar-refractivity contribution is 6.32. The lowest BCUT2D eigenvalue weighted by Gasteiger charge is -2.41. The molecule has 0 aliphatic carbocycles. The summed E-state index contributed by atoms with van der Waals surface area (Å²) >= 11 is 6.43. The molecule has 4 saturated heterocycles. The number of alkyl halides is 2. The van der Waals surface area contributed by atoms with Crippen molar-refractivity contribution < 1.29 is 13.6 Å². The second-order valence-electron chi connectivity index (χ2n) is 21.3. The molecule has 0 N–H and O–H groups in total. The molecule has 11 rings (SSSR count). The normalized spacial score (nSPS) is 21.2. The van der Waals surface area contributed by atoms with Crippen LogP contribution in [0.15, 0.2) is 67.0 Å². The first-order chi connectivity index (χ1) is 33.9. The van der Waals surface area contributed by atoms with Gasteiger partial charge in [0.05, 0.1) is 29.4 Å². The van der Waals surface area contributed by atoms with E-state index in [1.54, 1.807) is 37.1 Å². The smallest absolute Gasteiger partial charge is 0.264 e. The Bertz CT molecular complexity index is 2760. The maximum atomic E-state index is 14.8. The number of rotatable bonds is 9. The molecule has 1 spiro atoms. The number of carbonyl (C=O) groups excluding carboxylic acids is 1. The predicted molar refractivity (Wildman–Crippen MR) is 274 cm³/mol. The second kappa shape index (κ2) is 19.2. The number of nitrogens with zero attached hydrogens (tertiary/aromatic N) is 11. The summed E-state index contributed by atoms with van der Waals surface area (Å²) in [7, 11) is 1.80. The predicted octanol–water partition coefficient (Wildman–Crippen LogP) is 10.2. The largest absolute Gasteiger partial charge is 0.372 e. The van der Waals surface area contributed by atoms with E-state index in [9.17, 15) is 18.8 Å². The third kappa shape index (κ3) is 9.01. The Labute approximate surface area is 416 Å². The molecular formula is C55H66ClF2N11O. The van der Waals surface area contributed by atoms with E-state index < -0.39 is 6.43 Å². The minimum absolute atomic E-state index is 0.00742. The van der Waals surface area contributed by atoms with Crippen LogP contribution in [0.25, 0.3) is 11.1 Å². The van der Waals surface area contributed by atoms with E-state index in [1.165, 1.54) is 49.2 Å². The van der Waals surface area contributed by atoms with Crippen molar-refractivity contribution in [2.45, 2.75) is 103 Å². The van der Waals surface area contributed by atoms with Crippen LogP contribution in [0.4, 0.5) is 37.3 Å². The van der Waals surface area contributed by atoms with Crippen molar-refractivity contribution in [3.8, 4) is 17.2 Å². The summed E-state index contributed by atoms with van der Waals surface area (Å²) in [6.45, 7) is 14.3. The minimum atomic E-state index is -2.64. The fourth-order valence-corrected chi connectivity index (χ4v) is 13.3. The number of carbonyl (C=O) groups is 1. The minimum Gasteiger partial charge on any atom is -0.372 e. The van der Waals surface area contributed by atoms with Crippen LogP contribution < -0.4 is 19.6 Å². The Kier molecular flexibility index (Phi) is 12.8. The number of nitriles is 1. The van der Waals surface area contributed by atoms with E-state index in [4.69, 9.17) is 16.7 Å². The summed E-state index contributed by atoms with van der Waals surface area (Å²) in [6, 6.07) is 21.7. The van der Waals surface area contributed by atoms with Gasteiger partial charge in [0.15, 0.2) is 5.82 Å². The maximum Gasteiger partial charge on any atom is 0.264 e. The van der Waals surface area contributed by atoms with Gasteiger partial charge in [-0.25, -0.2) is 8.78 Å². The lowest BCUT2D eigenvalue weighted by molar-refractivity contribution is -0.129. The fourth-order valence-electron chi connectivity index (χ4n) is 13.1. The van der Waals surface area contributed by atoms with Crippen molar-refractivity contribution in [2.75, 3.05) is 85.0 Å². The Hall–Kier alpha value is -5.65. The zero-order valence-corrected chi connectivity index (χ0v) is 41.7. The van der Waals surface area contributed by atoms with Crippen molar-refractivity contribution in [1.82, 2.24) is 29.4 Å². The zero-order valence-electron chi connectivity index (χ0n) is 41.0. The number of aryl methyl sites for hydroxylation is 2. The van der Waals surface area contributed by atoms with Crippen LogP contribution in [0, 0.1) is 22.7 Å². The van der Waals surface area contributed by atoms with Crippen molar-refractivity contribution in [3.63, 3.8) is 0 Å². The summed E-state index contributed by atoms with van der Waals surface area (Å²) in [6.07, 6.45) is 11.2. The van der Waals surface area contributed by atoms with Crippen LogP contribution in [0.2, 0.25) is 5.02 Å². The summed E-state index contributed by atoms with van der Waals surface area (Å²) < 4.78 is 33.5. The molecule has 8 heterocycles. The van der Waals surface area contributed by atoms with E-state index in [1.807, 2.05) is 23.1 Å². The van der Waals surface area contributed by atoms with Crippen LogP contribution in [-0.4, -0.2) is 107 Å². The molecule has 6 aliphatic heterocycles. The average molecular weight is 971 g/mol. The Morgan fingerprint density at radius 2 is 1.61 bits per heavy atom. The molecule has 1 amide bonds. The van der Waals surface area contributed by atoms with Crippen LogP contribution in [0.5, 0.6) is 0 Å². The number of hydrogen-bond donors (Lipinski definition) is 0. The topological polar surface area (TPSA) is 95.9 Å². The van der Waals surface area contributed by atoms with Crippen molar-refractivity contribution >= 4 is 46.1 Å². The van der Waals surface area contributed by atoms with E-state index >= 15 is 0 Å². The quantitative estimate of drug-likeness (QED) is 0.143. The number of piperidine rings is 3. The molecular weight excluding hydrogens is 904 g/mol. The number of hydrogen-bond acceptors (Lipinski definition) is 9. The molecule has 15 heteroatoms. The highest BCUT2D eigenvalue weighted by Gasteiger charge is 2.44. The van der Waals surface area contributed by atoms with Crippen LogP contribution in [0.1, 0.15) is 106 Å². The van der Waals surface area contributed by atoms with Gasteiger partial charge in [-0.2, -0.15) is 15.5 Å². The van der Waals surface area contributed by atoms with Gasteiger partial charge in [-0.15, -0.1) is 0 Å². The SMILES string of the molecule is CC(=O)N1CCc2c(c(N3CCCc4cc(-c5cnn(C)c5)c(C(F)F)cc43)nn2C2CCN(CC3CCN(c4ccc(N5CCC6(CC5)C[C@H](C)N(c5ccc(C#N)c(Cl)c5)C6)cc4)CC3)CC2)C1. The van der Waals surface area contributed by atoms with Gasteiger partial charge >= 0.3 is 0 Å². The standard InChI is InChI=1S/C55H66ClF2N11O/c1-37-30-55(36-68(37)46-7-6-41(31-59)50(56)28-46)17-25-65(26-18-55)44-10-8-43(9-11-44)64-22-12-39(13-23-64)33-63-20-14-45(15-21-63)69-51-16-24-66(38(2)70)35-49(51)54(61-69)67-19-4-5-40-27-47(42-32-60-62(3)34-42)48(53(57)58)29-52(40)67/h6-11,27-29,32,34,37,39,45,53H,4-5,12-26,30,33,35-36H2,1-3H3/t37-/m0/s1. The van der Waals surface area contributed by atoms with Gasteiger partial charge in [-0.05, 0) is 142 Å². The molecule has 1 atom stereocenters. The van der Waals surface area contributed by atoms with Gasteiger partial charge in [0.2, 0.25) is 5.91 Å². The third-order valence-electron chi connectivity index (χ3n) is 17.0. The van der Waals surface area contributed by atoms with Gasteiger partial charge in [-0.3, -0.25) is 14.2 Å². The molecule has 0 unspecified atom stereocenters. The number of amides is 1. The number of benzene rings is 3. The molecule has 0 saturated carbocycles. The zero-order chi connectivity index (χ0) is 48.3. The summed E-state index contributed by atoms with van der Waals surface area (Å²) in [5.74, 6) is 1.54. The maximum absolute atomic E-state index is 14.8. The Morgan fingerprint density at radius 1 is 0.900 bits per heavy atom. The number of aromatic nitrogens is 4. The van der Waals surface area contributed by atoms with Gasteiger partial charge in [0, 0.05) is 143 Å². The monoisotopic (exact) mass is 970 g/mol. The molecule has 2 aromatic heterocycles. The van der Waals surface area contributed by atoms with Gasteiger partial charge in [-0.1, -0.05) is 11.6 Å². The molecule has 6 aliphatic rings. The van der Waals surface area contributed by atoms with Crippen LogP contribution in [0.3, 0.4) is 0 Å². The number of fused-ring (bicyclic) bond motifs is 2. The molecule has 368 valence electrons. The highest BCUT2D eigenvalue weighted by Crippen LogP contribution is 2.47. The summed E-state index contributed by atoms with van der Waals surface area (Å²) in [4.78, 5) is 27.1. The molecule has 12 nitrogen and oxygen atoms in total. The highest BCUT2D eigenvalue weighted by atomic mass is 35.5. The Morgan fingerprint density at radius 3 is 2.27 bits per heavy atom. The Balaban J connectivity index is 0.693. The summed E-state index contributed by atoms with van der Waals surface area (Å²) in [5.41, 5.74) is 9.93. The molecule has 5 aromatic rings. The number of anilines is 5. The second-order valence-corrected chi connectivity index (χ2v) is 21.7. The summed E-state index contributed by atoms with van der Waals surface area (Å²) in [5, 5.41) is 19.6. The fraction of sp³-hybridized carbons (Fsp3) is 0.527. The lowest BCUT2D eigenvalue weighted by atomic mass is 9.76. The van der Waals surface area contributed by atoms with Gasteiger partial charge < -0.3 is 29.4 Å². The molecule has 70 heavy (non-hydrogen) atoms. The number of likely N-dealkylation sites (tertiary alicyclic amines) is 1. The van der Waals surface area contributed by atoms with E-state index in [0.29, 0.717) is 58.7 Å². The van der Waals surface area contributed by atoms with Crippen molar-refractivity contribution in [1.29, 1.82) is 5.26 Å². The van der Waals surface area contributed by atoms with Crippen LogP contribution in [-0.2, 0) is 31.2 Å². The third-order valence-corrected chi connectivity index (χ3v) is 17.3.